The number of methoxy groups -OCH3 is 2. The average molecular weight is 461 g/mol. The number of aryl methyl sites for hydroxylation is 1. The van der Waals surface area contributed by atoms with Crippen molar-refractivity contribution >= 4 is 23.4 Å². The summed E-state index contributed by atoms with van der Waals surface area (Å²) in [4.78, 5) is 27.5. The van der Waals surface area contributed by atoms with Gasteiger partial charge >= 0.3 is 0 Å². The predicted molar refractivity (Wildman–Crippen MR) is 127 cm³/mol. The molecule has 2 aromatic rings. The average Bonchev–Trinajstić information content (AvgIpc) is 2.81. The number of carbonyl (C=O) groups is 2. The van der Waals surface area contributed by atoms with Gasteiger partial charge in [-0.15, -0.1) is 0 Å². The topological polar surface area (TPSA) is 67.9 Å². The highest BCUT2D eigenvalue weighted by Gasteiger charge is 2.26. The van der Waals surface area contributed by atoms with Crippen molar-refractivity contribution in [1.82, 2.24) is 10.2 Å². The molecule has 2 rings (SSSR count). The highest BCUT2D eigenvalue weighted by atomic mass is 35.5. The van der Waals surface area contributed by atoms with Gasteiger partial charge in [-0.05, 0) is 49.1 Å². The van der Waals surface area contributed by atoms with Crippen LogP contribution in [0.15, 0.2) is 42.5 Å². The number of benzene rings is 2. The van der Waals surface area contributed by atoms with Crippen LogP contribution in [0.2, 0.25) is 5.02 Å². The molecule has 174 valence electrons. The summed E-state index contributed by atoms with van der Waals surface area (Å²) in [6.07, 6.45) is 2.66. The molecule has 0 saturated heterocycles. The Morgan fingerprint density at radius 3 is 2.47 bits per heavy atom. The lowest BCUT2D eigenvalue weighted by Gasteiger charge is -2.29. The number of nitrogens with zero attached hydrogens (tertiary/aromatic N) is 1. The number of carbonyl (C=O) groups excluding carboxylic acids is 2. The first-order valence-corrected chi connectivity index (χ1v) is 11.3. The van der Waals surface area contributed by atoms with E-state index in [1.165, 1.54) is 0 Å². The summed E-state index contributed by atoms with van der Waals surface area (Å²) >= 11 is 6.33. The normalized spacial score (nSPS) is 11.5. The van der Waals surface area contributed by atoms with Gasteiger partial charge in [0.15, 0.2) is 11.5 Å². The van der Waals surface area contributed by atoms with Crippen LogP contribution in [-0.2, 0) is 22.6 Å². The second kappa shape index (κ2) is 13.0. The van der Waals surface area contributed by atoms with Gasteiger partial charge in [0.25, 0.3) is 0 Å². The molecule has 0 bridgehead atoms. The number of hydrogen-bond acceptors (Lipinski definition) is 4. The second-order valence-electron chi connectivity index (χ2n) is 7.62. The van der Waals surface area contributed by atoms with Gasteiger partial charge in [0.05, 0.1) is 14.2 Å². The highest BCUT2D eigenvalue weighted by molar-refractivity contribution is 6.31. The van der Waals surface area contributed by atoms with Crippen molar-refractivity contribution in [2.75, 3.05) is 20.8 Å². The van der Waals surface area contributed by atoms with E-state index in [1.54, 1.807) is 32.1 Å². The lowest BCUT2D eigenvalue weighted by atomic mass is 10.1. The minimum absolute atomic E-state index is 0.113. The summed E-state index contributed by atoms with van der Waals surface area (Å²) in [6, 6.07) is 12.4. The second-order valence-corrected chi connectivity index (χ2v) is 8.03. The molecular weight excluding hydrogens is 428 g/mol. The van der Waals surface area contributed by atoms with Crippen molar-refractivity contribution < 1.29 is 19.1 Å². The largest absolute Gasteiger partial charge is 0.493 e. The van der Waals surface area contributed by atoms with E-state index in [1.807, 2.05) is 36.4 Å². The Bertz CT molecular complexity index is 903. The molecule has 0 spiro atoms. The van der Waals surface area contributed by atoms with Crippen LogP contribution < -0.4 is 14.8 Å². The number of halogens is 1. The van der Waals surface area contributed by atoms with E-state index >= 15 is 0 Å². The molecule has 0 aromatic heterocycles. The summed E-state index contributed by atoms with van der Waals surface area (Å²) in [5.74, 6) is 0.983. The number of hydrogen-bond donors (Lipinski definition) is 1. The summed E-state index contributed by atoms with van der Waals surface area (Å²) in [5, 5.41) is 3.50. The maximum Gasteiger partial charge on any atom is 0.242 e. The first-order valence-electron chi connectivity index (χ1n) is 10.9. The van der Waals surface area contributed by atoms with Crippen molar-refractivity contribution in [3.05, 3.63) is 58.6 Å². The summed E-state index contributed by atoms with van der Waals surface area (Å²) < 4.78 is 10.6. The van der Waals surface area contributed by atoms with Gasteiger partial charge in [0.2, 0.25) is 11.8 Å². The summed E-state index contributed by atoms with van der Waals surface area (Å²) in [7, 11) is 3.16. The molecule has 1 atom stereocenters. The Balaban J connectivity index is 2.15. The Kier molecular flexibility index (Phi) is 10.3. The minimum atomic E-state index is -0.610. The van der Waals surface area contributed by atoms with Crippen molar-refractivity contribution in [2.45, 2.75) is 52.1 Å². The van der Waals surface area contributed by atoms with Gasteiger partial charge in [-0.2, -0.15) is 0 Å². The van der Waals surface area contributed by atoms with Crippen LogP contribution in [-0.4, -0.2) is 43.5 Å². The van der Waals surface area contributed by atoms with Crippen LogP contribution in [0.4, 0.5) is 0 Å². The van der Waals surface area contributed by atoms with Crippen molar-refractivity contribution in [3.63, 3.8) is 0 Å². The number of amides is 2. The van der Waals surface area contributed by atoms with Crippen LogP contribution in [0.1, 0.15) is 44.2 Å². The Hall–Kier alpha value is -2.73. The molecule has 0 fully saturated rings. The lowest BCUT2D eigenvalue weighted by Crippen LogP contribution is -2.47. The Morgan fingerprint density at radius 1 is 1.09 bits per heavy atom. The van der Waals surface area contributed by atoms with E-state index < -0.39 is 6.04 Å². The molecule has 32 heavy (non-hydrogen) atoms. The molecule has 0 aliphatic rings. The predicted octanol–water partition coefficient (Wildman–Crippen LogP) is 4.62. The molecular formula is C25H33ClN2O4. The molecule has 0 radical (unpaired) electrons. The van der Waals surface area contributed by atoms with Gasteiger partial charge in [0, 0.05) is 24.5 Å². The van der Waals surface area contributed by atoms with Crippen molar-refractivity contribution in [3.8, 4) is 11.5 Å². The molecule has 0 aliphatic carbocycles. The van der Waals surface area contributed by atoms with E-state index in [4.69, 9.17) is 21.1 Å². The third-order valence-corrected chi connectivity index (χ3v) is 5.74. The van der Waals surface area contributed by atoms with E-state index in [0.29, 0.717) is 29.5 Å². The molecule has 1 N–H and O–H groups in total. The fourth-order valence-electron chi connectivity index (χ4n) is 3.36. The lowest BCUT2D eigenvalue weighted by molar-refractivity contribution is -0.140. The first-order chi connectivity index (χ1) is 15.4. The van der Waals surface area contributed by atoms with E-state index in [9.17, 15) is 9.59 Å². The zero-order valence-electron chi connectivity index (χ0n) is 19.3. The number of rotatable bonds is 12. The van der Waals surface area contributed by atoms with Crippen LogP contribution in [0, 0.1) is 0 Å². The van der Waals surface area contributed by atoms with Crippen molar-refractivity contribution in [1.29, 1.82) is 0 Å². The standard InChI is InChI=1S/C25H33ClN2O4/c1-5-6-15-27-25(30)18(2)28(17-20-9-7-8-10-21(20)26)24(29)14-12-19-11-13-22(31-3)23(16-19)32-4/h7-11,13,16,18H,5-6,12,14-15,17H2,1-4H3,(H,27,30). The smallest absolute Gasteiger partial charge is 0.242 e. The van der Waals surface area contributed by atoms with Crippen LogP contribution in [0.25, 0.3) is 0 Å². The molecule has 0 heterocycles. The quantitative estimate of drug-likeness (QED) is 0.469. The zero-order chi connectivity index (χ0) is 23.5. The van der Waals surface area contributed by atoms with Gasteiger partial charge in [-0.3, -0.25) is 9.59 Å². The summed E-state index contributed by atoms with van der Waals surface area (Å²) in [6.45, 7) is 4.69. The van der Waals surface area contributed by atoms with Crippen LogP contribution in [0.3, 0.4) is 0 Å². The SMILES string of the molecule is CCCCNC(=O)C(C)N(Cc1ccccc1Cl)C(=O)CCc1ccc(OC)c(OC)c1. The third kappa shape index (κ3) is 7.16. The fraction of sp³-hybridized carbons (Fsp3) is 0.440. The fourth-order valence-corrected chi connectivity index (χ4v) is 3.56. The molecule has 6 nitrogen and oxygen atoms in total. The molecule has 2 amide bonds. The minimum Gasteiger partial charge on any atom is -0.493 e. The van der Waals surface area contributed by atoms with Gasteiger partial charge in [0.1, 0.15) is 6.04 Å². The first kappa shape index (κ1) is 25.5. The molecule has 7 heteroatoms. The van der Waals surface area contributed by atoms with E-state index in [-0.39, 0.29) is 24.8 Å². The van der Waals surface area contributed by atoms with E-state index in [2.05, 4.69) is 12.2 Å². The molecule has 2 aromatic carbocycles. The number of unbranched alkanes of at least 4 members (excludes halogenated alkanes) is 1. The van der Waals surface area contributed by atoms with Gasteiger partial charge < -0.3 is 19.7 Å². The van der Waals surface area contributed by atoms with Gasteiger partial charge in [-0.25, -0.2) is 0 Å². The zero-order valence-corrected chi connectivity index (χ0v) is 20.1. The summed E-state index contributed by atoms with van der Waals surface area (Å²) in [5.41, 5.74) is 1.76. The molecule has 0 aliphatic heterocycles. The maximum atomic E-state index is 13.2. The van der Waals surface area contributed by atoms with Crippen LogP contribution >= 0.6 is 11.6 Å². The number of nitrogens with one attached hydrogen (secondary N) is 1. The maximum absolute atomic E-state index is 13.2. The third-order valence-electron chi connectivity index (χ3n) is 5.37. The highest BCUT2D eigenvalue weighted by Crippen LogP contribution is 2.28. The Labute approximate surface area is 195 Å². The van der Waals surface area contributed by atoms with Crippen LogP contribution in [0.5, 0.6) is 11.5 Å². The molecule has 1 unspecified atom stereocenters. The Morgan fingerprint density at radius 2 is 1.81 bits per heavy atom. The van der Waals surface area contributed by atoms with Gasteiger partial charge in [-0.1, -0.05) is 49.2 Å². The monoisotopic (exact) mass is 460 g/mol. The van der Waals surface area contributed by atoms with Crippen molar-refractivity contribution in [2.24, 2.45) is 0 Å². The van der Waals surface area contributed by atoms with E-state index in [0.717, 1.165) is 24.0 Å². The molecule has 0 saturated carbocycles. The number of ether oxygens (including phenoxy) is 2.